The van der Waals surface area contributed by atoms with Gasteiger partial charge in [-0.1, -0.05) is 170 Å². The molecule has 0 aliphatic rings. The summed E-state index contributed by atoms with van der Waals surface area (Å²) in [5.74, 6) is 0.655. The van der Waals surface area contributed by atoms with E-state index in [1.54, 1.807) is 0 Å². The summed E-state index contributed by atoms with van der Waals surface area (Å²) in [6.45, 7) is 0. The molecule has 0 unspecified atom stereocenters. The Balaban J connectivity index is 1.12. The van der Waals surface area contributed by atoms with Crippen LogP contribution in [0.1, 0.15) is 0 Å². The first-order chi connectivity index (χ1) is 28.7. The molecule has 0 saturated heterocycles. The molecule has 2 aromatic heterocycles. The average molecular weight is 740 g/mol. The summed E-state index contributed by atoms with van der Waals surface area (Å²) in [6.07, 6.45) is 1.88. The van der Waals surface area contributed by atoms with Crippen LogP contribution in [0.15, 0.2) is 225 Å². The molecule has 3 nitrogen and oxygen atoms in total. The van der Waals surface area contributed by atoms with Crippen LogP contribution >= 0.6 is 0 Å². The van der Waals surface area contributed by atoms with Crippen molar-refractivity contribution in [1.29, 1.82) is 0 Å². The van der Waals surface area contributed by atoms with Gasteiger partial charge in [-0.15, -0.1) is 0 Å². The van der Waals surface area contributed by atoms with Crippen LogP contribution in [0.5, 0.6) is 0 Å². The molecule has 0 aliphatic carbocycles. The molecule has 8 aromatic carbocycles. The van der Waals surface area contributed by atoms with Crippen molar-refractivity contribution >= 4 is 10.8 Å². The molecule has 0 bridgehead atoms. The quantitative estimate of drug-likeness (QED) is 0.156. The molecule has 58 heavy (non-hydrogen) atoms. The highest BCUT2D eigenvalue weighted by atomic mass is 14.9. The third-order valence-corrected chi connectivity index (χ3v) is 10.7. The van der Waals surface area contributed by atoms with E-state index in [1.165, 1.54) is 22.3 Å². The molecule has 0 N–H and O–H groups in total. The van der Waals surface area contributed by atoms with Gasteiger partial charge in [0.05, 0.1) is 17.1 Å². The van der Waals surface area contributed by atoms with E-state index in [0.717, 1.165) is 72.4 Å². The summed E-state index contributed by atoms with van der Waals surface area (Å²) in [6, 6.07) is 76.9. The summed E-state index contributed by atoms with van der Waals surface area (Å²) >= 11 is 0. The first-order valence-corrected chi connectivity index (χ1v) is 19.6. The molecule has 2 heterocycles. The maximum absolute atomic E-state index is 5.31. The predicted molar refractivity (Wildman–Crippen MR) is 241 cm³/mol. The first kappa shape index (κ1) is 34.7. The molecule has 0 aliphatic heterocycles. The molecule has 10 rings (SSSR count). The lowest BCUT2D eigenvalue weighted by Gasteiger charge is -2.14. The minimum atomic E-state index is 0.655. The predicted octanol–water partition coefficient (Wildman–Crippen LogP) is 14.4. The van der Waals surface area contributed by atoms with Crippen molar-refractivity contribution in [3.63, 3.8) is 0 Å². The first-order valence-electron chi connectivity index (χ1n) is 19.6. The second kappa shape index (κ2) is 15.4. The molecule has 0 spiro atoms. The molecule has 0 saturated carbocycles. The Labute approximate surface area is 338 Å². The molecule has 0 atom stereocenters. The van der Waals surface area contributed by atoms with Crippen LogP contribution in [0, 0.1) is 0 Å². The fourth-order valence-electron chi connectivity index (χ4n) is 7.76. The minimum absolute atomic E-state index is 0.655. The van der Waals surface area contributed by atoms with Crippen LogP contribution in [0.25, 0.3) is 100 Å². The molecule has 0 amide bonds. The zero-order chi connectivity index (χ0) is 38.7. The monoisotopic (exact) mass is 739 g/mol. The standard InChI is InChI=1S/C55H37N3/c1-4-15-38(16-5-1)42-22-12-24-44(31-42)52-37-53(58-55(57-52)47-27-14-26-46(33-47)54-51-28-11-10-21-41(51)29-30-56-54)45-25-13-23-43(32-45)50-35-48(39-17-6-2-7-18-39)34-49(36-50)40-19-8-3-9-20-40/h1-37H. The van der Waals surface area contributed by atoms with Crippen molar-refractivity contribution in [3.05, 3.63) is 225 Å². The number of fused-ring (bicyclic) bond motifs is 1. The van der Waals surface area contributed by atoms with Crippen LogP contribution < -0.4 is 0 Å². The maximum Gasteiger partial charge on any atom is 0.160 e. The van der Waals surface area contributed by atoms with E-state index in [0.29, 0.717) is 5.82 Å². The summed E-state index contributed by atoms with van der Waals surface area (Å²) < 4.78 is 0. The number of benzene rings is 8. The number of nitrogens with zero attached hydrogens (tertiary/aromatic N) is 3. The zero-order valence-corrected chi connectivity index (χ0v) is 31.7. The highest BCUT2D eigenvalue weighted by molar-refractivity contribution is 5.95. The fraction of sp³-hybridized carbons (Fsp3) is 0. The highest BCUT2D eigenvalue weighted by Gasteiger charge is 2.15. The third-order valence-electron chi connectivity index (χ3n) is 10.7. The van der Waals surface area contributed by atoms with Crippen molar-refractivity contribution in [1.82, 2.24) is 15.0 Å². The smallest absolute Gasteiger partial charge is 0.160 e. The molecular weight excluding hydrogens is 703 g/mol. The van der Waals surface area contributed by atoms with Gasteiger partial charge in [0.2, 0.25) is 0 Å². The number of rotatable bonds is 8. The van der Waals surface area contributed by atoms with Gasteiger partial charge in [-0.2, -0.15) is 0 Å². The third kappa shape index (κ3) is 7.09. The molecule has 0 fully saturated rings. The molecule has 10 aromatic rings. The average Bonchev–Trinajstić information content (AvgIpc) is 3.32. The Hall–Kier alpha value is -7.75. The van der Waals surface area contributed by atoms with Crippen molar-refractivity contribution in [2.45, 2.75) is 0 Å². The number of hydrogen-bond donors (Lipinski definition) is 0. The van der Waals surface area contributed by atoms with E-state index < -0.39 is 0 Å². The van der Waals surface area contributed by atoms with Crippen LogP contribution in [-0.4, -0.2) is 15.0 Å². The van der Waals surface area contributed by atoms with Gasteiger partial charge >= 0.3 is 0 Å². The van der Waals surface area contributed by atoms with E-state index in [-0.39, 0.29) is 0 Å². The van der Waals surface area contributed by atoms with E-state index in [2.05, 4.69) is 212 Å². The van der Waals surface area contributed by atoms with Crippen molar-refractivity contribution < 1.29 is 0 Å². The SMILES string of the molecule is c1ccc(-c2cc(-c3ccccc3)cc(-c3cccc(-c4cc(-c5cccc(-c6ccccc6)c5)nc(-c5cccc(-c6nccc7ccccc67)c5)n4)c3)c2)cc1. The van der Waals surface area contributed by atoms with Gasteiger partial charge in [0.15, 0.2) is 5.82 Å². The minimum Gasteiger partial charge on any atom is -0.256 e. The van der Waals surface area contributed by atoms with E-state index >= 15 is 0 Å². The van der Waals surface area contributed by atoms with Gasteiger partial charge in [-0.05, 0) is 98.4 Å². The lowest BCUT2D eigenvalue weighted by molar-refractivity contribution is 1.18. The lowest BCUT2D eigenvalue weighted by Crippen LogP contribution is -1.97. The van der Waals surface area contributed by atoms with E-state index in [1.807, 2.05) is 12.3 Å². The van der Waals surface area contributed by atoms with Crippen LogP contribution in [0.4, 0.5) is 0 Å². The normalized spacial score (nSPS) is 11.1. The van der Waals surface area contributed by atoms with Gasteiger partial charge < -0.3 is 0 Å². The van der Waals surface area contributed by atoms with Gasteiger partial charge in [0.25, 0.3) is 0 Å². The Kier molecular flexibility index (Phi) is 9.23. The van der Waals surface area contributed by atoms with Crippen molar-refractivity contribution in [2.75, 3.05) is 0 Å². The Morgan fingerprint density at radius 1 is 0.259 bits per heavy atom. The van der Waals surface area contributed by atoms with Crippen LogP contribution in [-0.2, 0) is 0 Å². The largest absolute Gasteiger partial charge is 0.256 e. The zero-order valence-electron chi connectivity index (χ0n) is 31.7. The number of hydrogen-bond acceptors (Lipinski definition) is 3. The Morgan fingerprint density at radius 2 is 0.655 bits per heavy atom. The van der Waals surface area contributed by atoms with Crippen molar-refractivity contribution in [3.8, 4) is 89.7 Å². The van der Waals surface area contributed by atoms with Crippen LogP contribution in [0.3, 0.4) is 0 Å². The summed E-state index contributed by atoms with van der Waals surface area (Å²) in [5.41, 5.74) is 15.9. The van der Waals surface area contributed by atoms with E-state index in [9.17, 15) is 0 Å². The highest BCUT2D eigenvalue weighted by Crippen LogP contribution is 2.37. The molecular formula is C55H37N3. The lowest BCUT2D eigenvalue weighted by atomic mass is 9.92. The molecule has 272 valence electrons. The second-order valence-electron chi connectivity index (χ2n) is 14.5. The van der Waals surface area contributed by atoms with Gasteiger partial charge in [0, 0.05) is 33.8 Å². The van der Waals surface area contributed by atoms with Crippen molar-refractivity contribution in [2.24, 2.45) is 0 Å². The second-order valence-corrected chi connectivity index (χ2v) is 14.5. The number of pyridine rings is 1. The fourth-order valence-corrected chi connectivity index (χ4v) is 7.76. The Bertz CT molecular complexity index is 2980. The molecule has 3 heteroatoms. The summed E-state index contributed by atoms with van der Waals surface area (Å²) in [5, 5.41) is 2.26. The topological polar surface area (TPSA) is 38.7 Å². The molecule has 0 radical (unpaired) electrons. The van der Waals surface area contributed by atoms with Gasteiger partial charge in [-0.25, -0.2) is 9.97 Å². The van der Waals surface area contributed by atoms with E-state index in [4.69, 9.17) is 15.0 Å². The van der Waals surface area contributed by atoms with Gasteiger partial charge in [0.1, 0.15) is 0 Å². The summed E-state index contributed by atoms with van der Waals surface area (Å²) in [7, 11) is 0. The van der Waals surface area contributed by atoms with Crippen LogP contribution in [0.2, 0.25) is 0 Å². The maximum atomic E-state index is 5.31. The Morgan fingerprint density at radius 3 is 1.24 bits per heavy atom. The number of aromatic nitrogens is 3. The van der Waals surface area contributed by atoms with Gasteiger partial charge in [-0.3, -0.25) is 4.98 Å². The summed E-state index contributed by atoms with van der Waals surface area (Å²) in [4.78, 5) is 15.4.